The summed E-state index contributed by atoms with van der Waals surface area (Å²) < 4.78 is 50.7. The summed E-state index contributed by atoms with van der Waals surface area (Å²) in [6, 6.07) is 8.32. The highest BCUT2D eigenvalue weighted by Gasteiger charge is 2.27. The molecule has 0 saturated carbocycles. The lowest BCUT2D eigenvalue weighted by Gasteiger charge is -2.13. The van der Waals surface area contributed by atoms with Crippen molar-refractivity contribution in [2.45, 2.75) is 31.2 Å². The summed E-state index contributed by atoms with van der Waals surface area (Å²) in [5.74, 6) is 0.787. The van der Waals surface area contributed by atoms with E-state index >= 15 is 0 Å². The van der Waals surface area contributed by atoms with Gasteiger partial charge in [0.15, 0.2) is 9.84 Å². The number of benzene rings is 1. The lowest BCUT2D eigenvalue weighted by Crippen LogP contribution is -2.21. The van der Waals surface area contributed by atoms with Gasteiger partial charge in [0.2, 0.25) is 0 Å². The molecule has 1 saturated heterocycles. The van der Waals surface area contributed by atoms with Gasteiger partial charge in [-0.15, -0.1) is 0 Å². The Hall–Kier alpha value is -2.13. The minimum Gasteiger partial charge on any atom is -0.366 e. The maximum atomic E-state index is 12.6. The van der Waals surface area contributed by atoms with Gasteiger partial charge in [0.05, 0.1) is 28.3 Å². The number of aromatic nitrogens is 1. The minimum atomic E-state index is -3.71. The molecule has 1 aromatic heterocycles. The first-order valence-corrected chi connectivity index (χ1v) is 11.5. The van der Waals surface area contributed by atoms with Crippen LogP contribution >= 0.6 is 0 Å². The molecule has 1 fully saturated rings. The van der Waals surface area contributed by atoms with Crippen LogP contribution in [0.3, 0.4) is 0 Å². The Labute approximate surface area is 153 Å². The van der Waals surface area contributed by atoms with Crippen LogP contribution in [0, 0.1) is 13.8 Å². The molecule has 3 rings (SSSR count). The number of hydrogen-bond acceptors (Lipinski definition) is 6. The van der Waals surface area contributed by atoms with Crippen molar-refractivity contribution >= 4 is 31.4 Å². The molecule has 0 radical (unpaired) electrons. The summed E-state index contributed by atoms with van der Waals surface area (Å²) in [6.45, 7) is 3.58. The van der Waals surface area contributed by atoms with Gasteiger partial charge in [0.1, 0.15) is 5.82 Å². The number of sulfone groups is 1. The number of anilines is 2. The number of pyridine rings is 1. The number of rotatable bonds is 5. The normalized spacial score (nSPS) is 19.2. The van der Waals surface area contributed by atoms with Crippen LogP contribution in [0.5, 0.6) is 0 Å². The summed E-state index contributed by atoms with van der Waals surface area (Å²) >= 11 is 0. The van der Waals surface area contributed by atoms with Gasteiger partial charge >= 0.3 is 0 Å². The fourth-order valence-electron chi connectivity index (χ4n) is 2.86. The summed E-state index contributed by atoms with van der Waals surface area (Å²) in [7, 11) is -6.67. The van der Waals surface area contributed by atoms with Gasteiger partial charge in [-0.1, -0.05) is 12.1 Å². The van der Waals surface area contributed by atoms with E-state index in [1.54, 1.807) is 31.2 Å². The Morgan fingerprint density at radius 3 is 2.54 bits per heavy atom. The third-order valence-corrected chi connectivity index (χ3v) is 7.52. The molecule has 1 atom stereocenters. The molecule has 140 valence electrons. The van der Waals surface area contributed by atoms with Crippen molar-refractivity contribution in [1.82, 2.24) is 4.98 Å². The quantitative estimate of drug-likeness (QED) is 0.803. The van der Waals surface area contributed by atoms with Gasteiger partial charge in [-0.05, 0) is 49.6 Å². The van der Waals surface area contributed by atoms with E-state index in [1.165, 1.54) is 6.20 Å². The molecule has 2 aromatic rings. The van der Waals surface area contributed by atoms with Gasteiger partial charge in [-0.3, -0.25) is 4.72 Å². The van der Waals surface area contributed by atoms with E-state index in [0.29, 0.717) is 23.5 Å². The van der Waals surface area contributed by atoms with Gasteiger partial charge in [-0.2, -0.15) is 0 Å². The molecule has 1 aliphatic heterocycles. The van der Waals surface area contributed by atoms with Crippen LogP contribution < -0.4 is 10.0 Å². The molecule has 7 nitrogen and oxygen atoms in total. The zero-order valence-corrected chi connectivity index (χ0v) is 16.2. The number of sulfonamides is 1. The molecular weight excluding hydrogens is 374 g/mol. The van der Waals surface area contributed by atoms with Crippen LogP contribution in [0.1, 0.15) is 17.5 Å². The minimum absolute atomic E-state index is 0.0930. The Bertz CT molecular complexity index is 1020. The molecule has 1 aliphatic rings. The van der Waals surface area contributed by atoms with E-state index in [2.05, 4.69) is 15.0 Å². The molecule has 2 heterocycles. The highest BCUT2D eigenvalue weighted by Crippen LogP contribution is 2.22. The van der Waals surface area contributed by atoms with E-state index in [9.17, 15) is 16.8 Å². The molecule has 26 heavy (non-hydrogen) atoms. The van der Waals surface area contributed by atoms with E-state index in [4.69, 9.17) is 0 Å². The average Bonchev–Trinajstić information content (AvgIpc) is 2.90. The first-order chi connectivity index (χ1) is 12.1. The topological polar surface area (TPSA) is 105 Å². The van der Waals surface area contributed by atoms with Gasteiger partial charge < -0.3 is 5.32 Å². The van der Waals surface area contributed by atoms with Crippen molar-refractivity contribution in [1.29, 1.82) is 0 Å². The first kappa shape index (κ1) is 18.7. The van der Waals surface area contributed by atoms with Crippen molar-refractivity contribution in [3.05, 3.63) is 47.7 Å². The second-order valence-corrected chi connectivity index (χ2v) is 10.4. The van der Waals surface area contributed by atoms with Crippen molar-refractivity contribution < 1.29 is 16.8 Å². The van der Waals surface area contributed by atoms with Gasteiger partial charge in [-0.25, -0.2) is 21.8 Å². The first-order valence-electron chi connectivity index (χ1n) is 8.18. The van der Waals surface area contributed by atoms with E-state index < -0.39 is 19.9 Å². The van der Waals surface area contributed by atoms with Crippen LogP contribution in [-0.2, 0) is 19.9 Å². The highest BCUT2D eigenvalue weighted by atomic mass is 32.2. The third kappa shape index (κ3) is 4.34. The zero-order valence-electron chi connectivity index (χ0n) is 14.6. The van der Waals surface area contributed by atoms with Crippen LogP contribution in [0.15, 0.2) is 41.4 Å². The van der Waals surface area contributed by atoms with Crippen molar-refractivity contribution in [3.63, 3.8) is 0 Å². The number of aryl methyl sites for hydroxylation is 2. The van der Waals surface area contributed by atoms with Crippen LogP contribution in [0.4, 0.5) is 11.5 Å². The average molecular weight is 396 g/mol. The summed E-state index contributed by atoms with van der Waals surface area (Å²) in [6.07, 6.45) is 1.96. The van der Waals surface area contributed by atoms with E-state index in [-0.39, 0.29) is 22.4 Å². The molecule has 9 heteroatoms. The number of nitrogens with zero attached hydrogens (tertiary/aromatic N) is 1. The third-order valence-electron chi connectivity index (χ3n) is 4.23. The predicted octanol–water partition coefficient (Wildman–Crippen LogP) is 2.10. The number of hydrogen-bond donors (Lipinski definition) is 2. The Kier molecular flexibility index (Phi) is 4.94. The molecule has 2 N–H and O–H groups in total. The SMILES string of the molecule is Cc1ccc(C)c(S(=O)(=O)Nc2ccc(NC3CCS(=O)(=O)C3)nc2)c1. The Morgan fingerprint density at radius 2 is 1.92 bits per heavy atom. The monoisotopic (exact) mass is 395 g/mol. The molecule has 0 aliphatic carbocycles. The largest absolute Gasteiger partial charge is 0.366 e. The molecule has 1 unspecified atom stereocenters. The smallest absolute Gasteiger partial charge is 0.262 e. The summed E-state index contributed by atoms with van der Waals surface area (Å²) in [5, 5.41) is 3.07. The van der Waals surface area contributed by atoms with Crippen LogP contribution in [0.2, 0.25) is 0 Å². The fourth-order valence-corrected chi connectivity index (χ4v) is 5.91. The maximum absolute atomic E-state index is 12.6. The standard InChI is InChI=1S/C17H21N3O4S2/c1-12-3-4-13(2)16(9-12)26(23,24)20-14-5-6-17(18-10-14)19-15-7-8-25(21,22)11-15/h3-6,9-10,15,20H,7-8,11H2,1-2H3,(H,18,19). The zero-order chi connectivity index (χ0) is 18.9. The van der Waals surface area contributed by atoms with E-state index in [1.807, 2.05) is 13.0 Å². The highest BCUT2D eigenvalue weighted by molar-refractivity contribution is 7.92. The second-order valence-electron chi connectivity index (χ2n) is 6.55. The summed E-state index contributed by atoms with van der Waals surface area (Å²) in [4.78, 5) is 4.41. The molecular formula is C17H21N3O4S2. The Morgan fingerprint density at radius 1 is 1.15 bits per heavy atom. The lowest BCUT2D eigenvalue weighted by atomic mass is 10.2. The Balaban J connectivity index is 1.72. The van der Waals surface area contributed by atoms with Crippen molar-refractivity contribution in [3.8, 4) is 0 Å². The molecule has 1 aromatic carbocycles. The summed E-state index contributed by atoms with van der Waals surface area (Å²) in [5.41, 5.74) is 1.87. The maximum Gasteiger partial charge on any atom is 0.262 e. The fraction of sp³-hybridized carbons (Fsp3) is 0.353. The van der Waals surface area contributed by atoms with Crippen molar-refractivity contribution in [2.24, 2.45) is 0 Å². The predicted molar refractivity (Wildman–Crippen MR) is 102 cm³/mol. The van der Waals surface area contributed by atoms with Crippen LogP contribution in [0.25, 0.3) is 0 Å². The van der Waals surface area contributed by atoms with Gasteiger partial charge in [0.25, 0.3) is 10.0 Å². The van der Waals surface area contributed by atoms with Gasteiger partial charge in [0, 0.05) is 6.04 Å². The van der Waals surface area contributed by atoms with E-state index in [0.717, 1.165) is 5.56 Å². The second kappa shape index (κ2) is 6.88. The molecule has 0 spiro atoms. The van der Waals surface area contributed by atoms with Crippen LogP contribution in [-0.4, -0.2) is 39.4 Å². The lowest BCUT2D eigenvalue weighted by molar-refractivity contribution is 0.599. The number of nitrogens with one attached hydrogen (secondary N) is 2. The molecule has 0 amide bonds. The van der Waals surface area contributed by atoms with Crippen molar-refractivity contribution in [2.75, 3.05) is 21.5 Å². The molecule has 0 bridgehead atoms.